The summed E-state index contributed by atoms with van der Waals surface area (Å²) in [7, 11) is 0. The number of hydrogen-bond acceptors (Lipinski definition) is 3. The molecule has 1 fully saturated rings. The first kappa shape index (κ1) is 11.0. The first-order chi connectivity index (χ1) is 7.38. The van der Waals surface area contributed by atoms with Crippen LogP contribution in [0.25, 0.3) is 0 Å². The Morgan fingerprint density at radius 3 is 3.07 bits per heavy atom. The van der Waals surface area contributed by atoms with Crippen molar-refractivity contribution < 1.29 is 0 Å². The maximum atomic E-state index is 4.44. The van der Waals surface area contributed by atoms with Gasteiger partial charge in [-0.05, 0) is 37.8 Å². The molecule has 82 valence electrons. The predicted octanol–water partition coefficient (Wildman–Crippen LogP) is 2.58. The Kier molecular flexibility index (Phi) is 4.03. The lowest BCUT2D eigenvalue weighted by molar-refractivity contribution is 0.224. The van der Waals surface area contributed by atoms with Gasteiger partial charge in [-0.1, -0.05) is 6.07 Å². The Balaban J connectivity index is 2.03. The van der Waals surface area contributed by atoms with E-state index in [0.29, 0.717) is 6.04 Å². The Hall–Kier alpha value is -0.540. The normalized spacial score (nSPS) is 20.9. The smallest absolute Gasteiger partial charge is 0.0572 e. The lowest BCUT2D eigenvalue weighted by Gasteiger charge is -2.26. The third kappa shape index (κ3) is 2.95. The van der Waals surface area contributed by atoms with Crippen molar-refractivity contribution in [2.45, 2.75) is 19.4 Å². The van der Waals surface area contributed by atoms with Gasteiger partial charge in [0.15, 0.2) is 0 Å². The van der Waals surface area contributed by atoms with Gasteiger partial charge >= 0.3 is 0 Å². The SMILES string of the molecule is C[C@@H](c1ccccn1)N1CCCSCC1. The summed E-state index contributed by atoms with van der Waals surface area (Å²) in [5.74, 6) is 2.57. The molecule has 0 radical (unpaired) electrons. The van der Waals surface area contributed by atoms with Crippen LogP contribution in [0.4, 0.5) is 0 Å². The van der Waals surface area contributed by atoms with E-state index < -0.39 is 0 Å². The average molecular weight is 222 g/mol. The third-order valence-corrected chi connectivity index (χ3v) is 3.97. The molecule has 2 rings (SSSR count). The topological polar surface area (TPSA) is 16.1 Å². The van der Waals surface area contributed by atoms with E-state index in [4.69, 9.17) is 0 Å². The molecule has 0 bridgehead atoms. The van der Waals surface area contributed by atoms with Crippen molar-refractivity contribution in [3.8, 4) is 0 Å². The summed E-state index contributed by atoms with van der Waals surface area (Å²) in [6, 6.07) is 6.65. The molecule has 3 heteroatoms. The summed E-state index contributed by atoms with van der Waals surface area (Å²) in [5.41, 5.74) is 1.20. The van der Waals surface area contributed by atoms with Crippen LogP contribution in [-0.4, -0.2) is 34.5 Å². The van der Waals surface area contributed by atoms with Crippen LogP contribution in [0, 0.1) is 0 Å². The molecule has 0 N–H and O–H groups in total. The predicted molar refractivity (Wildman–Crippen MR) is 66.2 cm³/mol. The monoisotopic (exact) mass is 222 g/mol. The van der Waals surface area contributed by atoms with Gasteiger partial charge in [-0.15, -0.1) is 0 Å². The van der Waals surface area contributed by atoms with Crippen LogP contribution in [0.15, 0.2) is 24.4 Å². The molecular formula is C12H18N2S. The van der Waals surface area contributed by atoms with Gasteiger partial charge in [0, 0.05) is 24.5 Å². The summed E-state index contributed by atoms with van der Waals surface area (Å²) in [6.07, 6.45) is 3.19. The van der Waals surface area contributed by atoms with Crippen LogP contribution in [0.2, 0.25) is 0 Å². The number of pyridine rings is 1. The Bertz CT molecular complexity index is 281. The van der Waals surface area contributed by atoms with Crippen molar-refractivity contribution in [1.29, 1.82) is 0 Å². The molecule has 1 aromatic rings. The van der Waals surface area contributed by atoms with E-state index in [2.05, 4.69) is 40.7 Å². The standard InChI is InChI=1S/C12H18N2S/c1-11(12-5-2-3-6-13-12)14-7-4-9-15-10-8-14/h2-3,5-6,11H,4,7-10H2,1H3/t11-/m0/s1. The summed E-state index contributed by atoms with van der Waals surface area (Å²) in [6.45, 7) is 4.67. The highest BCUT2D eigenvalue weighted by Gasteiger charge is 2.17. The molecular weight excluding hydrogens is 204 g/mol. The Morgan fingerprint density at radius 2 is 2.27 bits per heavy atom. The second-order valence-corrected chi connectivity index (χ2v) is 5.16. The summed E-state index contributed by atoms with van der Waals surface area (Å²) in [5, 5.41) is 0. The van der Waals surface area contributed by atoms with E-state index in [0.717, 1.165) is 0 Å². The van der Waals surface area contributed by atoms with Crippen LogP contribution >= 0.6 is 11.8 Å². The first-order valence-corrected chi connectivity index (χ1v) is 6.76. The second kappa shape index (κ2) is 5.52. The maximum absolute atomic E-state index is 4.44. The highest BCUT2D eigenvalue weighted by atomic mass is 32.2. The number of aromatic nitrogens is 1. The van der Waals surface area contributed by atoms with Crippen LogP contribution < -0.4 is 0 Å². The van der Waals surface area contributed by atoms with E-state index in [1.165, 1.54) is 36.7 Å². The van der Waals surface area contributed by atoms with Crippen molar-refractivity contribution in [3.63, 3.8) is 0 Å². The Labute approximate surface area is 96.1 Å². The number of thioether (sulfide) groups is 1. The highest BCUT2D eigenvalue weighted by Crippen LogP contribution is 2.21. The molecule has 0 unspecified atom stereocenters. The van der Waals surface area contributed by atoms with E-state index >= 15 is 0 Å². The lowest BCUT2D eigenvalue weighted by Crippen LogP contribution is -2.29. The van der Waals surface area contributed by atoms with E-state index in [-0.39, 0.29) is 0 Å². The van der Waals surface area contributed by atoms with Gasteiger partial charge in [-0.3, -0.25) is 9.88 Å². The van der Waals surface area contributed by atoms with Gasteiger partial charge in [0.1, 0.15) is 0 Å². The lowest BCUT2D eigenvalue weighted by atomic mass is 10.2. The number of hydrogen-bond donors (Lipinski definition) is 0. The van der Waals surface area contributed by atoms with Gasteiger partial charge in [0.25, 0.3) is 0 Å². The largest absolute Gasteiger partial charge is 0.294 e. The first-order valence-electron chi connectivity index (χ1n) is 5.60. The second-order valence-electron chi connectivity index (χ2n) is 3.93. The molecule has 1 saturated heterocycles. The molecule has 0 saturated carbocycles. The van der Waals surface area contributed by atoms with Gasteiger partial charge in [0.2, 0.25) is 0 Å². The minimum Gasteiger partial charge on any atom is -0.294 e. The van der Waals surface area contributed by atoms with Crippen LogP contribution in [-0.2, 0) is 0 Å². The fourth-order valence-corrected chi connectivity index (χ4v) is 2.86. The molecule has 1 aliphatic rings. The van der Waals surface area contributed by atoms with Gasteiger partial charge < -0.3 is 0 Å². The van der Waals surface area contributed by atoms with Crippen LogP contribution in [0.5, 0.6) is 0 Å². The minimum absolute atomic E-state index is 0.463. The molecule has 1 aliphatic heterocycles. The van der Waals surface area contributed by atoms with Crippen molar-refractivity contribution in [1.82, 2.24) is 9.88 Å². The van der Waals surface area contributed by atoms with Crippen molar-refractivity contribution in [2.24, 2.45) is 0 Å². The summed E-state index contributed by atoms with van der Waals surface area (Å²) >= 11 is 2.07. The minimum atomic E-state index is 0.463. The van der Waals surface area contributed by atoms with Crippen molar-refractivity contribution in [2.75, 3.05) is 24.6 Å². The van der Waals surface area contributed by atoms with Gasteiger partial charge in [-0.25, -0.2) is 0 Å². The zero-order valence-corrected chi connectivity index (χ0v) is 10.0. The maximum Gasteiger partial charge on any atom is 0.0572 e. The number of rotatable bonds is 2. The molecule has 2 heterocycles. The Morgan fingerprint density at radius 1 is 1.33 bits per heavy atom. The van der Waals surface area contributed by atoms with Gasteiger partial charge in [-0.2, -0.15) is 11.8 Å². The van der Waals surface area contributed by atoms with E-state index in [1.54, 1.807) is 0 Å². The summed E-state index contributed by atoms with van der Waals surface area (Å²) < 4.78 is 0. The third-order valence-electron chi connectivity index (χ3n) is 2.92. The molecule has 0 aromatic carbocycles. The van der Waals surface area contributed by atoms with E-state index in [9.17, 15) is 0 Å². The molecule has 1 aromatic heterocycles. The zero-order valence-electron chi connectivity index (χ0n) is 9.22. The molecule has 0 spiro atoms. The average Bonchev–Trinajstić information content (AvgIpc) is 2.58. The van der Waals surface area contributed by atoms with Crippen LogP contribution in [0.1, 0.15) is 25.1 Å². The van der Waals surface area contributed by atoms with Crippen molar-refractivity contribution in [3.05, 3.63) is 30.1 Å². The zero-order chi connectivity index (χ0) is 10.5. The number of nitrogens with zero attached hydrogens (tertiary/aromatic N) is 2. The fourth-order valence-electron chi connectivity index (χ4n) is 1.96. The van der Waals surface area contributed by atoms with E-state index in [1.807, 2.05) is 12.3 Å². The summed E-state index contributed by atoms with van der Waals surface area (Å²) in [4.78, 5) is 6.98. The van der Waals surface area contributed by atoms with Gasteiger partial charge in [0.05, 0.1) is 5.69 Å². The highest BCUT2D eigenvalue weighted by molar-refractivity contribution is 7.99. The molecule has 0 aliphatic carbocycles. The fraction of sp³-hybridized carbons (Fsp3) is 0.583. The van der Waals surface area contributed by atoms with Crippen LogP contribution in [0.3, 0.4) is 0 Å². The molecule has 0 amide bonds. The van der Waals surface area contributed by atoms with Crippen molar-refractivity contribution >= 4 is 11.8 Å². The molecule has 15 heavy (non-hydrogen) atoms. The molecule has 1 atom stereocenters. The quantitative estimate of drug-likeness (QED) is 0.765. The molecule has 2 nitrogen and oxygen atoms in total.